The molecule has 2 aliphatic rings. The van der Waals surface area contributed by atoms with E-state index in [1.807, 2.05) is 0 Å². The molecule has 2 rings (SSSR count). The zero-order chi connectivity index (χ0) is 10.7. The van der Waals surface area contributed by atoms with Crippen LogP contribution in [0.1, 0.15) is 44.9 Å². The maximum Gasteiger partial charge on any atom is 0.321 e. The third kappa shape index (κ3) is 2.51. The number of hydrogen-bond acceptors (Lipinski definition) is 2. The molecule has 0 spiro atoms. The Kier molecular flexibility index (Phi) is 3.62. The van der Waals surface area contributed by atoms with Crippen LogP contribution >= 0.6 is 0 Å². The van der Waals surface area contributed by atoms with E-state index in [2.05, 4.69) is 4.90 Å². The third-order valence-electron chi connectivity index (χ3n) is 3.88. The maximum atomic E-state index is 11.3. The lowest BCUT2D eigenvalue weighted by Crippen LogP contribution is -2.48. The highest BCUT2D eigenvalue weighted by molar-refractivity contribution is 5.74. The van der Waals surface area contributed by atoms with Gasteiger partial charge in [0.15, 0.2) is 0 Å². The van der Waals surface area contributed by atoms with E-state index in [0.29, 0.717) is 5.92 Å². The molecule has 1 aliphatic carbocycles. The minimum absolute atomic E-state index is 0.183. The first kappa shape index (κ1) is 10.9. The van der Waals surface area contributed by atoms with Crippen molar-refractivity contribution in [2.75, 3.05) is 13.1 Å². The van der Waals surface area contributed by atoms with E-state index in [1.165, 1.54) is 32.1 Å². The van der Waals surface area contributed by atoms with Crippen LogP contribution in [-0.2, 0) is 4.79 Å². The van der Waals surface area contributed by atoms with Crippen LogP contribution < -0.4 is 0 Å². The number of carboxylic acid groups (broad SMARTS) is 1. The van der Waals surface area contributed by atoms with E-state index in [-0.39, 0.29) is 6.04 Å². The Hall–Kier alpha value is -0.570. The van der Waals surface area contributed by atoms with Gasteiger partial charge in [-0.25, -0.2) is 0 Å². The van der Waals surface area contributed by atoms with Crippen molar-refractivity contribution in [3.8, 4) is 0 Å². The van der Waals surface area contributed by atoms with Crippen molar-refractivity contribution >= 4 is 5.97 Å². The second kappa shape index (κ2) is 4.97. The molecule has 1 aliphatic heterocycles. The smallest absolute Gasteiger partial charge is 0.321 e. The molecule has 1 N–H and O–H groups in total. The summed E-state index contributed by atoms with van der Waals surface area (Å²) in [4.78, 5) is 13.5. The average molecular weight is 211 g/mol. The van der Waals surface area contributed by atoms with Crippen molar-refractivity contribution in [2.24, 2.45) is 5.92 Å². The lowest BCUT2D eigenvalue weighted by atomic mass is 9.79. The minimum Gasteiger partial charge on any atom is -0.480 e. The van der Waals surface area contributed by atoms with E-state index in [0.717, 1.165) is 25.9 Å². The third-order valence-corrected chi connectivity index (χ3v) is 3.88. The van der Waals surface area contributed by atoms with Crippen LogP contribution in [0.5, 0.6) is 0 Å². The van der Waals surface area contributed by atoms with Crippen molar-refractivity contribution in [3.63, 3.8) is 0 Å². The molecule has 1 saturated heterocycles. The second-order valence-corrected chi connectivity index (χ2v) is 4.92. The molecule has 0 amide bonds. The normalized spacial score (nSPS) is 26.7. The first-order valence-electron chi connectivity index (χ1n) is 6.26. The molecule has 86 valence electrons. The van der Waals surface area contributed by atoms with Crippen LogP contribution in [0.4, 0.5) is 0 Å². The molecule has 3 heteroatoms. The Bertz CT molecular complexity index is 218. The molecule has 1 atom stereocenters. The van der Waals surface area contributed by atoms with Gasteiger partial charge in [0.1, 0.15) is 6.04 Å². The molecule has 0 aromatic heterocycles. The lowest BCUT2D eigenvalue weighted by molar-refractivity contribution is -0.147. The van der Waals surface area contributed by atoms with Gasteiger partial charge in [-0.05, 0) is 44.7 Å². The van der Waals surface area contributed by atoms with Crippen molar-refractivity contribution in [1.82, 2.24) is 4.90 Å². The van der Waals surface area contributed by atoms with E-state index in [9.17, 15) is 9.90 Å². The molecule has 1 heterocycles. The molecule has 0 radical (unpaired) electrons. The highest BCUT2D eigenvalue weighted by Crippen LogP contribution is 2.33. The Morgan fingerprint density at radius 3 is 2.07 bits per heavy atom. The Morgan fingerprint density at radius 2 is 1.67 bits per heavy atom. The van der Waals surface area contributed by atoms with E-state index in [1.54, 1.807) is 0 Å². The monoisotopic (exact) mass is 211 g/mol. The van der Waals surface area contributed by atoms with Gasteiger partial charge in [0, 0.05) is 0 Å². The molecular formula is C12H21NO2. The van der Waals surface area contributed by atoms with Crippen LogP contribution in [0, 0.1) is 5.92 Å². The highest BCUT2D eigenvalue weighted by atomic mass is 16.4. The van der Waals surface area contributed by atoms with Crippen LogP contribution in [0.2, 0.25) is 0 Å². The molecule has 1 saturated carbocycles. The molecule has 0 aromatic rings. The predicted molar refractivity (Wildman–Crippen MR) is 58.8 cm³/mol. The van der Waals surface area contributed by atoms with Gasteiger partial charge in [0.05, 0.1) is 0 Å². The first-order chi connectivity index (χ1) is 7.29. The molecule has 3 nitrogen and oxygen atoms in total. The molecule has 2 fully saturated rings. The number of carbonyl (C=O) groups is 1. The van der Waals surface area contributed by atoms with Gasteiger partial charge in [0.25, 0.3) is 0 Å². The SMILES string of the molecule is O=C(O)C(C1CCC1)N1CCCCCC1. The number of nitrogens with zero attached hydrogens (tertiary/aromatic N) is 1. The minimum atomic E-state index is -0.596. The van der Waals surface area contributed by atoms with Gasteiger partial charge in [-0.3, -0.25) is 9.69 Å². The lowest BCUT2D eigenvalue weighted by Gasteiger charge is -2.38. The zero-order valence-electron chi connectivity index (χ0n) is 9.32. The predicted octanol–water partition coefficient (Wildman–Crippen LogP) is 2.12. The van der Waals surface area contributed by atoms with Gasteiger partial charge in [-0.2, -0.15) is 0 Å². The summed E-state index contributed by atoms with van der Waals surface area (Å²) in [6.07, 6.45) is 8.36. The Morgan fingerprint density at radius 1 is 1.07 bits per heavy atom. The topological polar surface area (TPSA) is 40.5 Å². The van der Waals surface area contributed by atoms with Crippen LogP contribution in [0.15, 0.2) is 0 Å². The van der Waals surface area contributed by atoms with Crippen molar-refractivity contribution in [2.45, 2.75) is 51.0 Å². The molecule has 0 bridgehead atoms. The molecule has 0 aromatic carbocycles. The number of aliphatic carboxylic acids is 1. The summed E-state index contributed by atoms with van der Waals surface area (Å²) in [5.41, 5.74) is 0. The summed E-state index contributed by atoms with van der Waals surface area (Å²) >= 11 is 0. The molecule has 15 heavy (non-hydrogen) atoms. The number of likely N-dealkylation sites (tertiary alicyclic amines) is 1. The van der Waals surface area contributed by atoms with Gasteiger partial charge in [0.2, 0.25) is 0 Å². The number of rotatable bonds is 3. The van der Waals surface area contributed by atoms with Crippen molar-refractivity contribution in [3.05, 3.63) is 0 Å². The van der Waals surface area contributed by atoms with Gasteiger partial charge >= 0.3 is 5.97 Å². The van der Waals surface area contributed by atoms with E-state index in [4.69, 9.17) is 0 Å². The summed E-state index contributed by atoms with van der Waals surface area (Å²) in [5.74, 6) is -0.165. The summed E-state index contributed by atoms with van der Waals surface area (Å²) in [7, 11) is 0. The Balaban J connectivity index is 1.98. The molecule has 1 unspecified atom stereocenters. The van der Waals surface area contributed by atoms with Crippen LogP contribution in [-0.4, -0.2) is 35.1 Å². The largest absolute Gasteiger partial charge is 0.480 e. The fourth-order valence-corrected chi connectivity index (χ4v) is 2.78. The summed E-state index contributed by atoms with van der Waals surface area (Å²) in [5, 5.41) is 9.31. The quantitative estimate of drug-likeness (QED) is 0.777. The number of carboxylic acids is 1. The fraction of sp³-hybridized carbons (Fsp3) is 0.917. The van der Waals surface area contributed by atoms with Gasteiger partial charge < -0.3 is 5.11 Å². The van der Waals surface area contributed by atoms with Gasteiger partial charge in [-0.1, -0.05) is 19.3 Å². The number of hydrogen-bond donors (Lipinski definition) is 1. The van der Waals surface area contributed by atoms with E-state index >= 15 is 0 Å². The summed E-state index contributed by atoms with van der Waals surface area (Å²) in [6, 6.07) is -0.183. The maximum absolute atomic E-state index is 11.3. The van der Waals surface area contributed by atoms with Crippen LogP contribution in [0.25, 0.3) is 0 Å². The average Bonchev–Trinajstić information content (AvgIpc) is 2.38. The zero-order valence-corrected chi connectivity index (χ0v) is 9.32. The van der Waals surface area contributed by atoms with Crippen molar-refractivity contribution < 1.29 is 9.90 Å². The highest BCUT2D eigenvalue weighted by Gasteiger charge is 2.36. The fourth-order valence-electron chi connectivity index (χ4n) is 2.78. The van der Waals surface area contributed by atoms with Gasteiger partial charge in [-0.15, -0.1) is 0 Å². The van der Waals surface area contributed by atoms with Crippen molar-refractivity contribution in [1.29, 1.82) is 0 Å². The second-order valence-electron chi connectivity index (χ2n) is 4.92. The summed E-state index contributed by atoms with van der Waals surface area (Å²) < 4.78 is 0. The van der Waals surface area contributed by atoms with Crippen LogP contribution in [0.3, 0.4) is 0 Å². The summed E-state index contributed by atoms with van der Waals surface area (Å²) in [6.45, 7) is 1.99. The van der Waals surface area contributed by atoms with E-state index < -0.39 is 5.97 Å². The Labute approximate surface area is 91.5 Å². The standard InChI is InChI=1S/C12H21NO2/c14-12(15)11(10-6-5-7-10)13-8-3-1-2-4-9-13/h10-11H,1-9H2,(H,14,15). The molecular weight excluding hydrogens is 190 g/mol. The first-order valence-corrected chi connectivity index (χ1v) is 6.26.